The molecule has 0 aromatic heterocycles. The van der Waals surface area contributed by atoms with E-state index >= 15 is 0 Å². The van der Waals surface area contributed by atoms with Crippen LogP contribution in [-0.2, 0) is 25.6 Å². The summed E-state index contributed by atoms with van der Waals surface area (Å²) in [5, 5.41) is 0. The topological polar surface area (TPSA) is 36.9 Å². The summed E-state index contributed by atoms with van der Waals surface area (Å²) in [4.78, 5) is 0. The lowest BCUT2D eigenvalue weighted by molar-refractivity contribution is -0.237. The fourth-order valence-corrected chi connectivity index (χ4v) is 3.48. The standard InChI is InChI=1S/C19H27FO4/c1-11(2)15-16(17-18(22-15)24-19(5,10-20)23-17)21-9-14-12(3)7-6-8-13(14)4/h6-8,11,15-18H,9-10H2,1-5H3/t15-,16+,17-,18-,19?/m1/s1. The molecule has 3 rings (SSSR count). The molecule has 0 N–H and O–H groups in total. The van der Waals surface area contributed by atoms with E-state index in [9.17, 15) is 4.39 Å². The minimum Gasteiger partial charge on any atom is -0.368 e. The molecule has 0 spiro atoms. The maximum atomic E-state index is 13.2. The Morgan fingerprint density at radius 1 is 1.21 bits per heavy atom. The molecule has 2 aliphatic rings. The zero-order valence-electron chi connectivity index (χ0n) is 15.0. The van der Waals surface area contributed by atoms with Crippen molar-refractivity contribution in [1.82, 2.24) is 0 Å². The van der Waals surface area contributed by atoms with Gasteiger partial charge in [0.25, 0.3) is 0 Å². The SMILES string of the molecule is Cc1cccc(C)c1CO[C@@H]1[C@H]2OC(C)(CF)O[C@H]2O[C@@H]1C(C)C. The fourth-order valence-electron chi connectivity index (χ4n) is 3.48. The van der Waals surface area contributed by atoms with E-state index in [0.717, 1.165) is 0 Å². The van der Waals surface area contributed by atoms with Crippen molar-refractivity contribution in [2.24, 2.45) is 5.92 Å². The van der Waals surface area contributed by atoms with Crippen LogP contribution < -0.4 is 0 Å². The zero-order valence-corrected chi connectivity index (χ0v) is 15.0. The van der Waals surface area contributed by atoms with Gasteiger partial charge in [0, 0.05) is 0 Å². The van der Waals surface area contributed by atoms with Gasteiger partial charge < -0.3 is 18.9 Å². The van der Waals surface area contributed by atoms with Gasteiger partial charge in [0.1, 0.15) is 18.9 Å². The highest BCUT2D eigenvalue weighted by molar-refractivity contribution is 5.32. The Morgan fingerprint density at radius 2 is 1.88 bits per heavy atom. The molecule has 2 heterocycles. The second-order valence-corrected chi connectivity index (χ2v) is 7.33. The number of aryl methyl sites for hydroxylation is 2. The molecule has 0 amide bonds. The van der Waals surface area contributed by atoms with Crippen LogP contribution in [0.15, 0.2) is 18.2 Å². The van der Waals surface area contributed by atoms with Crippen molar-refractivity contribution < 1.29 is 23.3 Å². The van der Waals surface area contributed by atoms with E-state index in [4.69, 9.17) is 18.9 Å². The average molecular weight is 338 g/mol. The maximum absolute atomic E-state index is 13.2. The van der Waals surface area contributed by atoms with Crippen LogP contribution in [0.25, 0.3) is 0 Å². The maximum Gasteiger partial charge on any atom is 0.197 e. The molecule has 1 aromatic carbocycles. The van der Waals surface area contributed by atoms with Gasteiger partial charge >= 0.3 is 0 Å². The molecular weight excluding hydrogens is 311 g/mol. The zero-order chi connectivity index (χ0) is 17.5. The van der Waals surface area contributed by atoms with Crippen LogP contribution in [0.4, 0.5) is 4.39 Å². The van der Waals surface area contributed by atoms with Gasteiger partial charge in [-0.1, -0.05) is 32.0 Å². The number of fused-ring (bicyclic) bond motifs is 1. The fraction of sp³-hybridized carbons (Fsp3) is 0.684. The summed E-state index contributed by atoms with van der Waals surface area (Å²) in [5.41, 5.74) is 3.57. The average Bonchev–Trinajstić information content (AvgIpc) is 3.01. The first-order valence-corrected chi connectivity index (χ1v) is 8.58. The van der Waals surface area contributed by atoms with Gasteiger partial charge in [-0.05, 0) is 43.4 Å². The lowest BCUT2D eigenvalue weighted by Gasteiger charge is -2.28. The smallest absolute Gasteiger partial charge is 0.197 e. The highest BCUT2D eigenvalue weighted by Crippen LogP contribution is 2.41. The van der Waals surface area contributed by atoms with Gasteiger partial charge in [-0.15, -0.1) is 0 Å². The van der Waals surface area contributed by atoms with E-state index in [1.807, 2.05) is 6.07 Å². The van der Waals surface area contributed by atoms with Gasteiger partial charge in [0.15, 0.2) is 12.1 Å². The van der Waals surface area contributed by atoms with Crippen LogP contribution in [0.5, 0.6) is 0 Å². The van der Waals surface area contributed by atoms with Crippen LogP contribution in [0.3, 0.4) is 0 Å². The third-order valence-corrected chi connectivity index (χ3v) is 4.92. The molecule has 0 aliphatic carbocycles. The highest BCUT2D eigenvalue weighted by Gasteiger charge is 2.57. The largest absolute Gasteiger partial charge is 0.368 e. The Labute approximate surface area is 143 Å². The van der Waals surface area contributed by atoms with Crippen molar-refractivity contribution >= 4 is 0 Å². The molecule has 0 radical (unpaired) electrons. The first kappa shape index (κ1) is 17.8. The van der Waals surface area contributed by atoms with Crippen LogP contribution in [0, 0.1) is 19.8 Å². The predicted molar refractivity (Wildman–Crippen MR) is 88.3 cm³/mol. The summed E-state index contributed by atoms with van der Waals surface area (Å²) in [7, 11) is 0. The number of rotatable bonds is 5. The van der Waals surface area contributed by atoms with Crippen molar-refractivity contribution in [2.75, 3.05) is 6.67 Å². The molecule has 4 nitrogen and oxygen atoms in total. The molecule has 134 valence electrons. The summed E-state index contributed by atoms with van der Waals surface area (Å²) in [6, 6.07) is 6.20. The normalized spacial score (nSPS) is 35.6. The Hall–Kier alpha value is -1.01. The van der Waals surface area contributed by atoms with Gasteiger partial charge in [-0.3, -0.25) is 0 Å². The third kappa shape index (κ3) is 3.23. The second kappa shape index (κ2) is 6.71. The molecule has 2 saturated heterocycles. The molecule has 2 fully saturated rings. The third-order valence-electron chi connectivity index (χ3n) is 4.92. The molecular formula is C19H27FO4. The molecule has 5 heteroatoms. The van der Waals surface area contributed by atoms with Crippen molar-refractivity contribution in [3.63, 3.8) is 0 Å². The lowest BCUT2D eigenvalue weighted by atomic mass is 9.99. The summed E-state index contributed by atoms with van der Waals surface area (Å²) in [6.45, 7) is 9.68. The molecule has 24 heavy (non-hydrogen) atoms. The van der Waals surface area contributed by atoms with Crippen LogP contribution in [-0.4, -0.2) is 37.1 Å². The summed E-state index contributed by atoms with van der Waals surface area (Å²) >= 11 is 0. The Balaban J connectivity index is 1.76. The summed E-state index contributed by atoms with van der Waals surface area (Å²) in [5.74, 6) is -0.986. The lowest BCUT2D eigenvalue weighted by Crippen LogP contribution is -2.40. The number of benzene rings is 1. The van der Waals surface area contributed by atoms with Gasteiger partial charge in [0.2, 0.25) is 0 Å². The Kier molecular flexibility index (Phi) is 4.98. The van der Waals surface area contributed by atoms with Crippen molar-refractivity contribution in [2.45, 2.75) is 71.6 Å². The van der Waals surface area contributed by atoms with E-state index in [2.05, 4.69) is 39.8 Å². The number of alkyl halides is 1. The van der Waals surface area contributed by atoms with Crippen LogP contribution >= 0.6 is 0 Å². The van der Waals surface area contributed by atoms with Gasteiger partial charge in [-0.2, -0.15) is 0 Å². The Morgan fingerprint density at radius 3 is 2.46 bits per heavy atom. The van der Waals surface area contributed by atoms with Crippen molar-refractivity contribution in [1.29, 1.82) is 0 Å². The monoisotopic (exact) mass is 338 g/mol. The number of hydrogen-bond acceptors (Lipinski definition) is 4. The minimum absolute atomic E-state index is 0.131. The molecule has 0 saturated carbocycles. The van der Waals surface area contributed by atoms with Crippen molar-refractivity contribution in [3.05, 3.63) is 34.9 Å². The number of halogens is 1. The quantitative estimate of drug-likeness (QED) is 0.821. The van der Waals surface area contributed by atoms with Crippen LogP contribution in [0.2, 0.25) is 0 Å². The molecule has 0 bridgehead atoms. The molecule has 5 atom stereocenters. The van der Waals surface area contributed by atoms with Gasteiger partial charge in [0.05, 0.1) is 12.7 Å². The van der Waals surface area contributed by atoms with Gasteiger partial charge in [-0.25, -0.2) is 4.39 Å². The first-order valence-electron chi connectivity index (χ1n) is 8.58. The highest BCUT2D eigenvalue weighted by atomic mass is 19.1. The second-order valence-electron chi connectivity index (χ2n) is 7.33. The number of hydrogen-bond donors (Lipinski definition) is 0. The minimum atomic E-state index is -1.24. The van der Waals surface area contributed by atoms with E-state index < -0.39 is 24.9 Å². The number of ether oxygens (including phenoxy) is 4. The van der Waals surface area contributed by atoms with E-state index in [1.54, 1.807) is 6.92 Å². The molecule has 1 unspecified atom stereocenters. The van der Waals surface area contributed by atoms with E-state index in [-0.39, 0.29) is 18.1 Å². The van der Waals surface area contributed by atoms with Crippen LogP contribution in [0.1, 0.15) is 37.5 Å². The Bertz CT molecular complexity index is 570. The molecule has 1 aromatic rings. The van der Waals surface area contributed by atoms with E-state index in [0.29, 0.717) is 6.61 Å². The van der Waals surface area contributed by atoms with Crippen molar-refractivity contribution in [3.8, 4) is 0 Å². The first-order chi connectivity index (χ1) is 11.3. The summed E-state index contributed by atoms with van der Waals surface area (Å²) in [6.07, 6.45) is -1.38. The summed E-state index contributed by atoms with van der Waals surface area (Å²) < 4.78 is 36.8. The predicted octanol–water partition coefficient (Wildman–Crippen LogP) is 3.67. The van der Waals surface area contributed by atoms with E-state index in [1.165, 1.54) is 16.7 Å². The molecule has 2 aliphatic heterocycles.